The van der Waals surface area contributed by atoms with Crippen molar-refractivity contribution in [3.8, 4) is 62.0 Å². The largest absolute Gasteiger partial charge is 0.435 e. The Hall–Kier alpha value is -6.19. The zero-order chi connectivity index (χ0) is 30.2. The van der Waals surface area contributed by atoms with Gasteiger partial charge in [-0.25, -0.2) is 4.98 Å². The van der Waals surface area contributed by atoms with E-state index in [1.54, 1.807) is 0 Å². The van der Waals surface area contributed by atoms with Crippen molar-refractivity contribution in [2.24, 2.45) is 0 Å². The Morgan fingerprint density at radius 2 is 1.04 bits per heavy atom. The Bertz CT molecular complexity index is 2520. The molecule has 0 unspecified atom stereocenters. The van der Waals surface area contributed by atoms with Gasteiger partial charge in [0.2, 0.25) is 5.89 Å². The summed E-state index contributed by atoms with van der Waals surface area (Å²) in [6.45, 7) is 0. The lowest BCUT2D eigenvalue weighted by molar-refractivity contribution is 0.590. The summed E-state index contributed by atoms with van der Waals surface area (Å²) in [7, 11) is 0. The Morgan fingerprint density at radius 3 is 1.65 bits per heavy atom. The zero-order valence-corrected chi connectivity index (χ0v) is 24.8. The molecule has 0 amide bonds. The summed E-state index contributed by atoms with van der Waals surface area (Å²) in [5.41, 5.74) is 12.4. The van der Waals surface area contributed by atoms with Gasteiger partial charge in [0.1, 0.15) is 5.69 Å². The molecule has 46 heavy (non-hydrogen) atoms. The fraction of sp³-hybridized carbons (Fsp3) is 0. The fourth-order valence-electron chi connectivity index (χ4n) is 7.23. The van der Waals surface area contributed by atoms with E-state index < -0.39 is 0 Å². The number of benzene rings is 7. The molecule has 214 valence electrons. The number of hydrogen-bond donors (Lipinski definition) is 0. The predicted octanol–water partition coefficient (Wildman–Crippen LogP) is 11.6. The van der Waals surface area contributed by atoms with Crippen molar-refractivity contribution < 1.29 is 4.42 Å². The van der Waals surface area contributed by atoms with Crippen molar-refractivity contribution in [1.29, 1.82) is 0 Å². The number of nitrogens with zero attached hydrogens (tertiary/aromatic N) is 2. The minimum Gasteiger partial charge on any atom is -0.435 e. The van der Waals surface area contributed by atoms with Crippen molar-refractivity contribution >= 4 is 32.6 Å². The van der Waals surface area contributed by atoms with E-state index in [1.165, 1.54) is 54.8 Å². The molecule has 1 aliphatic carbocycles. The van der Waals surface area contributed by atoms with Crippen LogP contribution in [0.5, 0.6) is 0 Å². The molecule has 2 heterocycles. The van der Waals surface area contributed by atoms with Gasteiger partial charge in [0.15, 0.2) is 5.76 Å². The van der Waals surface area contributed by atoms with E-state index >= 15 is 0 Å². The van der Waals surface area contributed by atoms with Crippen LogP contribution in [-0.4, -0.2) is 9.55 Å². The number of aromatic nitrogens is 2. The molecule has 9 aromatic rings. The van der Waals surface area contributed by atoms with E-state index in [-0.39, 0.29) is 0 Å². The van der Waals surface area contributed by atoms with Crippen LogP contribution in [0.25, 0.3) is 94.6 Å². The van der Waals surface area contributed by atoms with E-state index in [2.05, 4.69) is 132 Å². The topological polar surface area (TPSA) is 31.0 Å². The van der Waals surface area contributed by atoms with Gasteiger partial charge >= 0.3 is 0 Å². The van der Waals surface area contributed by atoms with E-state index in [4.69, 9.17) is 9.40 Å². The van der Waals surface area contributed by atoms with Gasteiger partial charge < -0.3 is 8.98 Å². The minimum absolute atomic E-state index is 0.650. The van der Waals surface area contributed by atoms with Crippen molar-refractivity contribution in [1.82, 2.24) is 9.55 Å². The third-order valence-corrected chi connectivity index (χ3v) is 9.35. The highest BCUT2D eigenvalue weighted by Gasteiger charge is 2.29. The first-order valence-electron chi connectivity index (χ1n) is 15.6. The Kier molecular flexibility index (Phi) is 5.28. The smallest absolute Gasteiger partial charge is 0.227 e. The van der Waals surface area contributed by atoms with Crippen molar-refractivity contribution in [2.75, 3.05) is 0 Å². The molecule has 0 aliphatic heterocycles. The van der Waals surface area contributed by atoms with Crippen molar-refractivity contribution in [3.63, 3.8) is 0 Å². The molecule has 0 bridgehead atoms. The van der Waals surface area contributed by atoms with Gasteiger partial charge in [-0.05, 0) is 76.2 Å². The van der Waals surface area contributed by atoms with Crippen LogP contribution in [0, 0.1) is 0 Å². The monoisotopic (exact) mass is 586 g/mol. The molecule has 3 nitrogen and oxygen atoms in total. The number of fused-ring (bicyclic) bond motifs is 6. The SMILES string of the molecule is c1ccc(-c2ccc3c(c2)c2cc(-c4ccccc4)ccc2n3-c2cc3c4c(cccc4c2)-c2oc(-c4ccccc4)nc2-3)cc1. The Labute approximate surface area is 265 Å². The van der Waals surface area contributed by atoms with Crippen LogP contribution < -0.4 is 0 Å². The quantitative estimate of drug-likeness (QED) is 0.205. The molecule has 0 spiro atoms. The van der Waals surface area contributed by atoms with Gasteiger partial charge in [-0.15, -0.1) is 0 Å². The van der Waals surface area contributed by atoms with Crippen LogP contribution >= 0.6 is 0 Å². The second-order valence-corrected chi connectivity index (χ2v) is 12.0. The first-order valence-corrected chi connectivity index (χ1v) is 15.6. The minimum atomic E-state index is 0.650. The van der Waals surface area contributed by atoms with Gasteiger partial charge in [-0.2, -0.15) is 0 Å². The highest BCUT2D eigenvalue weighted by molar-refractivity contribution is 6.16. The molecular formula is C43H26N2O. The molecule has 10 rings (SSSR count). The summed E-state index contributed by atoms with van der Waals surface area (Å²) >= 11 is 0. The lowest BCUT2D eigenvalue weighted by Crippen LogP contribution is -1.95. The molecule has 0 N–H and O–H groups in total. The third-order valence-electron chi connectivity index (χ3n) is 9.35. The molecule has 0 radical (unpaired) electrons. The van der Waals surface area contributed by atoms with Crippen LogP contribution in [0.2, 0.25) is 0 Å². The van der Waals surface area contributed by atoms with Gasteiger partial charge in [0.25, 0.3) is 0 Å². The second kappa shape index (κ2) is 9.65. The molecule has 0 fully saturated rings. The summed E-state index contributed by atoms with van der Waals surface area (Å²) in [4.78, 5) is 5.06. The van der Waals surface area contributed by atoms with Crippen LogP contribution in [0.1, 0.15) is 0 Å². The van der Waals surface area contributed by atoms with Gasteiger partial charge in [-0.1, -0.05) is 109 Å². The molecule has 3 heteroatoms. The summed E-state index contributed by atoms with van der Waals surface area (Å²) in [6, 6.07) is 56.2. The standard InChI is InChI=1S/C43H26N2O/c1-4-11-27(12-5-1)30-19-21-38-35(24-30)36-25-31(28-13-6-2-7-14-28)20-22-39(36)45(38)33-23-32-17-10-18-34-40(32)37(26-33)41-42(34)46-43(44-41)29-15-8-3-9-16-29/h1-26H. The van der Waals surface area contributed by atoms with E-state index in [0.717, 1.165) is 33.8 Å². The average molecular weight is 587 g/mol. The summed E-state index contributed by atoms with van der Waals surface area (Å²) < 4.78 is 8.86. The van der Waals surface area contributed by atoms with Gasteiger partial charge in [-0.3, -0.25) is 0 Å². The summed E-state index contributed by atoms with van der Waals surface area (Å²) in [6.07, 6.45) is 0. The highest BCUT2D eigenvalue weighted by atomic mass is 16.4. The maximum absolute atomic E-state index is 6.45. The number of oxazole rings is 1. The molecule has 7 aromatic carbocycles. The molecule has 0 saturated heterocycles. The second-order valence-electron chi connectivity index (χ2n) is 12.0. The fourth-order valence-corrected chi connectivity index (χ4v) is 7.23. The van der Waals surface area contributed by atoms with Crippen LogP contribution in [0.15, 0.2) is 162 Å². The number of hydrogen-bond acceptors (Lipinski definition) is 2. The average Bonchev–Trinajstić information content (AvgIpc) is 3.80. The van der Waals surface area contributed by atoms with E-state index in [9.17, 15) is 0 Å². The first kappa shape index (κ1) is 25.2. The first-order chi connectivity index (χ1) is 22.8. The lowest BCUT2D eigenvalue weighted by atomic mass is 10.0. The van der Waals surface area contributed by atoms with Crippen LogP contribution in [0.3, 0.4) is 0 Å². The van der Waals surface area contributed by atoms with E-state index in [0.29, 0.717) is 5.89 Å². The molecular weight excluding hydrogens is 560 g/mol. The maximum Gasteiger partial charge on any atom is 0.227 e. The summed E-state index contributed by atoms with van der Waals surface area (Å²) in [5, 5.41) is 4.84. The Balaban J connectivity index is 1.23. The zero-order valence-electron chi connectivity index (χ0n) is 24.8. The normalized spacial score (nSPS) is 11.9. The third kappa shape index (κ3) is 3.69. The molecule has 2 aromatic heterocycles. The lowest BCUT2D eigenvalue weighted by Gasteiger charge is -2.12. The summed E-state index contributed by atoms with van der Waals surface area (Å²) in [5.74, 6) is 1.50. The van der Waals surface area contributed by atoms with E-state index in [1.807, 2.05) is 30.3 Å². The molecule has 1 aliphatic rings. The predicted molar refractivity (Wildman–Crippen MR) is 189 cm³/mol. The molecule has 0 saturated carbocycles. The Morgan fingerprint density at radius 1 is 0.457 bits per heavy atom. The highest BCUT2D eigenvalue weighted by Crippen LogP contribution is 2.50. The maximum atomic E-state index is 6.45. The molecule has 0 atom stereocenters. The van der Waals surface area contributed by atoms with Crippen LogP contribution in [-0.2, 0) is 0 Å². The van der Waals surface area contributed by atoms with Crippen LogP contribution in [0.4, 0.5) is 0 Å². The van der Waals surface area contributed by atoms with Gasteiger partial charge in [0.05, 0.1) is 11.0 Å². The van der Waals surface area contributed by atoms with Gasteiger partial charge in [0, 0.05) is 38.5 Å². The number of rotatable bonds is 4. The van der Waals surface area contributed by atoms with Crippen molar-refractivity contribution in [3.05, 3.63) is 158 Å². The van der Waals surface area contributed by atoms with Crippen molar-refractivity contribution in [2.45, 2.75) is 0 Å².